The van der Waals surface area contributed by atoms with E-state index >= 15 is 0 Å². The van der Waals surface area contributed by atoms with Crippen LogP contribution in [0.25, 0.3) is 10.9 Å². The minimum Gasteiger partial charge on any atom is -0.487 e. The molecule has 0 amide bonds. The fourth-order valence-electron chi connectivity index (χ4n) is 2.85. The summed E-state index contributed by atoms with van der Waals surface area (Å²) < 4.78 is 21.8. The van der Waals surface area contributed by atoms with Crippen LogP contribution in [0, 0.1) is 19.3 Å². The molecule has 2 aromatic carbocycles. The highest BCUT2D eigenvalue weighted by Gasteiger charge is 2.13. The van der Waals surface area contributed by atoms with Crippen LogP contribution in [0.3, 0.4) is 0 Å². The Hall–Kier alpha value is -3.05. The lowest BCUT2D eigenvalue weighted by Gasteiger charge is -2.15. The number of fused-ring (bicyclic) bond motifs is 1. The fourth-order valence-corrected chi connectivity index (χ4v) is 2.85. The zero-order valence-corrected chi connectivity index (χ0v) is 18.6. The van der Waals surface area contributed by atoms with Crippen molar-refractivity contribution >= 4 is 34.8 Å². The van der Waals surface area contributed by atoms with Crippen LogP contribution >= 0.6 is 12.4 Å². The van der Waals surface area contributed by atoms with Crippen LogP contribution in [-0.2, 0) is 9.47 Å². The molecule has 0 atom stereocenters. The number of nitrogens with zero attached hydrogens (tertiary/aromatic N) is 2. The van der Waals surface area contributed by atoms with E-state index in [1.165, 1.54) is 6.33 Å². The molecule has 0 saturated heterocycles. The lowest BCUT2D eigenvalue weighted by atomic mass is 10.1. The molecule has 0 aliphatic heterocycles. The van der Waals surface area contributed by atoms with Crippen molar-refractivity contribution in [3.05, 3.63) is 47.8 Å². The van der Waals surface area contributed by atoms with Crippen molar-refractivity contribution < 1.29 is 18.9 Å². The van der Waals surface area contributed by atoms with E-state index in [2.05, 4.69) is 21.2 Å². The van der Waals surface area contributed by atoms with Gasteiger partial charge in [-0.25, -0.2) is 9.97 Å². The lowest BCUT2D eigenvalue weighted by molar-refractivity contribution is 0.132. The first-order valence-electron chi connectivity index (χ1n) is 9.52. The lowest BCUT2D eigenvalue weighted by Crippen LogP contribution is -2.09. The molecule has 0 aliphatic carbocycles. The van der Waals surface area contributed by atoms with Gasteiger partial charge < -0.3 is 24.3 Å². The quantitative estimate of drug-likeness (QED) is 0.373. The summed E-state index contributed by atoms with van der Waals surface area (Å²) in [6.45, 7) is 3.70. The number of rotatable bonds is 10. The Bertz CT molecular complexity index is 1050. The molecule has 0 aliphatic rings. The number of terminal acetylenes is 1. The number of benzene rings is 2. The van der Waals surface area contributed by atoms with Crippen molar-refractivity contribution in [1.82, 2.24) is 9.97 Å². The van der Waals surface area contributed by atoms with Gasteiger partial charge in [-0.1, -0.05) is 12.0 Å². The van der Waals surface area contributed by atoms with Gasteiger partial charge in [-0.15, -0.1) is 18.8 Å². The van der Waals surface area contributed by atoms with Crippen LogP contribution < -0.4 is 14.8 Å². The van der Waals surface area contributed by atoms with Gasteiger partial charge in [-0.2, -0.15) is 0 Å². The van der Waals surface area contributed by atoms with E-state index in [-0.39, 0.29) is 12.4 Å². The highest BCUT2D eigenvalue weighted by Crippen LogP contribution is 2.35. The van der Waals surface area contributed by atoms with Crippen molar-refractivity contribution in [2.24, 2.45) is 0 Å². The van der Waals surface area contributed by atoms with E-state index < -0.39 is 0 Å². The fraction of sp³-hybridized carbons (Fsp3) is 0.304. The van der Waals surface area contributed by atoms with E-state index in [0.29, 0.717) is 43.7 Å². The maximum Gasteiger partial charge on any atom is 0.163 e. The Morgan fingerprint density at radius 2 is 1.61 bits per heavy atom. The molecule has 31 heavy (non-hydrogen) atoms. The van der Waals surface area contributed by atoms with Crippen LogP contribution in [0.15, 0.2) is 36.7 Å². The van der Waals surface area contributed by atoms with Gasteiger partial charge in [0.25, 0.3) is 0 Å². The van der Waals surface area contributed by atoms with Crippen LogP contribution in [0.2, 0.25) is 0 Å². The van der Waals surface area contributed by atoms with Gasteiger partial charge in [0.15, 0.2) is 11.5 Å². The van der Waals surface area contributed by atoms with Gasteiger partial charge >= 0.3 is 0 Å². The second-order valence-electron chi connectivity index (χ2n) is 6.52. The summed E-state index contributed by atoms with van der Waals surface area (Å²) in [6, 6.07) is 9.56. The number of hydrogen-bond donors (Lipinski definition) is 1. The highest BCUT2D eigenvalue weighted by molar-refractivity contribution is 5.93. The molecule has 0 radical (unpaired) electrons. The summed E-state index contributed by atoms with van der Waals surface area (Å²) >= 11 is 0. The van der Waals surface area contributed by atoms with Crippen LogP contribution in [0.4, 0.5) is 11.5 Å². The number of aryl methyl sites for hydroxylation is 1. The molecule has 1 N–H and O–H groups in total. The third kappa shape index (κ3) is 6.22. The third-order valence-electron chi connectivity index (χ3n) is 4.45. The van der Waals surface area contributed by atoms with Crippen molar-refractivity contribution in [1.29, 1.82) is 0 Å². The predicted octanol–water partition coefficient (Wildman–Crippen LogP) is 4.14. The largest absolute Gasteiger partial charge is 0.487 e. The molecule has 0 saturated carbocycles. The van der Waals surface area contributed by atoms with Crippen molar-refractivity contribution in [3.8, 4) is 23.8 Å². The second kappa shape index (κ2) is 12.0. The van der Waals surface area contributed by atoms with Crippen molar-refractivity contribution in [3.63, 3.8) is 0 Å². The van der Waals surface area contributed by atoms with Gasteiger partial charge in [0, 0.05) is 36.9 Å². The molecular formula is C23H26ClN3O4. The standard InChI is InChI=1S/C23H25N3O4.ClH/c1-5-17-12-18(7-6-16(17)2)26-23-19-13-21(29-10-8-27-3)22(30-11-9-28-4)14-20(19)24-15-25-23;/h1,6-7,12-15H,8-11H2,2-4H3,(H,24,25,26);1H. The molecule has 8 heteroatoms. The van der Waals surface area contributed by atoms with E-state index in [4.69, 9.17) is 25.4 Å². The number of halogens is 1. The minimum absolute atomic E-state index is 0. The zero-order valence-electron chi connectivity index (χ0n) is 17.8. The summed E-state index contributed by atoms with van der Waals surface area (Å²) in [5, 5.41) is 4.13. The zero-order chi connectivity index (χ0) is 21.3. The van der Waals surface area contributed by atoms with Gasteiger partial charge in [0.2, 0.25) is 0 Å². The van der Waals surface area contributed by atoms with Gasteiger partial charge in [0.05, 0.1) is 18.7 Å². The summed E-state index contributed by atoms with van der Waals surface area (Å²) in [5.74, 6) is 4.52. The molecule has 0 bridgehead atoms. The van der Waals surface area contributed by atoms with Crippen LogP contribution in [0.1, 0.15) is 11.1 Å². The molecule has 7 nitrogen and oxygen atoms in total. The molecule has 1 heterocycles. The molecule has 0 unspecified atom stereocenters. The van der Waals surface area contributed by atoms with Gasteiger partial charge in [-0.05, 0) is 30.7 Å². The first-order chi connectivity index (χ1) is 14.7. The topological polar surface area (TPSA) is 74.7 Å². The van der Waals surface area contributed by atoms with Crippen molar-refractivity contribution in [2.45, 2.75) is 6.92 Å². The number of nitrogens with one attached hydrogen (secondary N) is 1. The molecule has 3 rings (SSSR count). The smallest absolute Gasteiger partial charge is 0.163 e. The Kier molecular flexibility index (Phi) is 9.35. The maximum absolute atomic E-state index is 5.87. The van der Waals surface area contributed by atoms with E-state index in [9.17, 15) is 0 Å². The average molecular weight is 444 g/mol. The Balaban J connectivity index is 0.00000341. The van der Waals surface area contributed by atoms with E-state index in [1.807, 2.05) is 37.3 Å². The molecule has 3 aromatic rings. The predicted molar refractivity (Wildman–Crippen MR) is 124 cm³/mol. The number of methoxy groups -OCH3 is 2. The summed E-state index contributed by atoms with van der Waals surface area (Å²) in [6.07, 6.45) is 7.10. The first kappa shape index (κ1) is 24.2. The maximum atomic E-state index is 5.87. The first-order valence-corrected chi connectivity index (χ1v) is 9.52. The van der Waals surface area contributed by atoms with E-state index in [1.54, 1.807) is 14.2 Å². The molecule has 0 spiro atoms. The minimum atomic E-state index is 0. The van der Waals surface area contributed by atoms with Gasteiger partial charge in [-0.3, -0.25) is 0 Å². The Morgan fingerprint density at radius 3 is 2.26 bits per heavy atom. The molecule has 164 valence electrons. The molecule has 0 fully saturated rings. The van der Waals surface area contributed by atoms with Crippen molar-refractivity contribution in [2.75, 3.05) is 46.0 Å². The number of ether oxygens (including phenoxy) is 4. The van der Waals surface area contributed by atoms with Crippen LogP contribution in [0.5, 0.6) is 11.5 Å². The number of hydrogen-bond acceptors (Lipinski definition) is 7. The van der Waals surface area contributed by atoms with Crippen LogP contribution in [-0.4, -0.2) is 50.6 Å². The molecule has 1 aromatic heterocycles. The van der Waals surface area contributed by atoms with E-state index in [0.717, 1.165) is 27.7 Å². The SMILES string of the molecule is C#Cc1cc(Nc2ncnc3cc(OCCOC)c(OCCOC)cc23)ccc1C.Cl. The average Bonchev–Trinajstić information content (AvgIpc) is 2.76. The third-order valence-corrected chi connectivity index (χ3v) is 4.45. The summed E-state index contributed by atoms with van der Waals surface area (Å²) in [5.41, 5.74) is 3.44. The number of anilines is 2. The normalized spacial score (nSPS) is 10.3. The Labute approximate surface area is 188 Å². The summed E-state index contributed by atoms with van der Waals surface area (Å²) in [4.78, 5) is 8.79. The Morgan fingerprint density at radius 1 is 0.935 bits per heavy atom. The summed E-state index contributed by atoms with van der Waals surface area (Å²) in [7, 11) is 3.25. The monoisotopic (exact) mass is 443 g/mol. The second-order valence-corrected chi connectivity index (χ2v) is 6.52. The van der Waals surface area contributed by atoms with Gasteiger partial charge in [0.1, 0.15) is 25.4 Å². The molecular weight excluding hydrogens is 418 g/mol. The highest BCUT2D eigenvalue weighted by atomic mass is 35.5. The number of aromatic nitrogens is 2.